The molecule has 3 atom stereocenters. The third kappa shape index (κ3) is 3.33. The standard InChI is InChI=1S/C18H32N2O2/c1-18(2)16(14-8-5-11-22-17(14)18)20-10-9-19-15(21)12-13-6-3-4-7-13/h13-14,16-17,20H,3-12H2,1-2H3,(H,19,21)/t14-,16-,17-/m1/s1. The predicted molar refractivity (Wildman–Crippen MR) is 87.6 cm³/mol. The predicted octanol–water partition coefficient (Wildman–Crippen LogP) is 2.48. The summed E-state index contributed by atoms with van der Waals surface area (Å²) in [5.41, 5.74) is 0.221. The number of nitrogens with one attached hydrogen (secondary N) is 2. The lowest BCUT2D eigenvalue weighted by molar-refractivity contribution is -0.192. The Labute approximate surface area is 134 Å². The number of hydrogen-bond donors (Lipinski definition) is 2. The molecule has 0 bridgehead atoms. The van der Waals surface area contributed by atoms with E-state index in [1.165, 1.54) is 38.5 Å². The fraction of sp³-hybridized carbons (Fsp3) is 0.944. The molecule has 126 valence electrons. The van der Waals surface area contributed by atoms with Gasteiger partial charge >= 0.3 is 0 Å². The molecule has 3 rings (SSSR count). The lowest BCUT2D eigenvalue weighted by atomic mass is 9.55. The summed E-state index contributed by atoms with van der Waals surface area (Å²) in [5.74, 6) is 1.54. The molecule has 4 heteroatoms. The van der Waals surface area contributed by atoms with Crippen LogP contribution < -0.4 is 10.6 Å². The molecule has 0 aromatic rings. The molecule has 4 nitrogen and oxygen atoms in total. The molecule has 0 radical (unpaired) electrons. The van der Waals surface area contributed by atoms with Crippen molar-refractivity contribution in [2.45, 2.75) is 70.9 Å². The first kappa shape index (κ1) is 16.3. The van der Waals surface area contributed by atoms with Gasteiger partial charge < -0.3 is 15.4 Å². The van der Waals surface area contributed by atoms with E-state index < -0.39 is 0 Å². The smallest absolute Gasteiger partial charge is 0.220 e. The third-order valence-corrected chi connectivity index (χ3v) is 6.09. The Balaban J connectivity index is 1.33. The molecule has 3 aliphatic rings. The van der Waals surface area contributed by atoms with Crippen molar-refractivity contribution in [3.05, 3.63) is 0 Å². The second-order valence-corrected chi connectivity index (χ2v) is 8.06. The van der Waals surface area contributed by atoms with Gasteiger partial charge in [0.2, 0.25) is 5.91 Å². The Morgan fingerprint density at radius 1 is 1.14 bits per heavy atom. The average molecular weight is 308 g/mol. The van der Waals surface area contributed by atoms with Crippen LogP contribution in [0.4, 0.5) is 0 Å². The molecule has 3 fully saturated rings. The lowest BCUT2D eigenvalue weighted by Crippen LogP contribution is -2.69. The SMILES string of the molecule is CC1(C)[C@H](NCCNC(=O)CC2CCCC2)[C@H]2CCCO[C@H]21. The Morgan fingerprint density at radius 2 is 1.91 bits per heavy atom. The topological polar surface area (TPSA) is 50.4 Å². The van der Waals surface area contributed by atoms with E-state index in [0.29, 0.717) is 24.0 Å². The van der Waals surface area contributed by atoms with Crippen LogP contribution in [-0.2, 0) is 9.53 Å². The van der Waals surface area contributed by atoms with Crippen molar-refractivity contribution >= 4 is 5.91 Å². The summed E-state index contributed by atoms with van der Waals surface area (Å²) in [6.45, 7) is 7.14. The highest BCUT2D eigenvalue weighted by Gasteiger charge is 2.57. The van der Waals surface area contributed by atoms with Crippen LogP contribution in [0.15, 0.2) is 0 Å². The van der Waals surface area contributed by atoms with Crippen molar-refractivity contribution in [1.29, 1.82) is 0 Å². The zero-order chi connectivity index (χ0) is 15.6. The van der Waals surface area contributed by atoms with Crippen molar-refractivity contribution < 1.29 is 9.53 Å². The Bertz CT molecular complexity index is 391. The third-order valence-electron chi connectivity index (χ3n) is 6.09. The number of carbonyl (C=O) groups excluding carboxylic acids is 1. The molecule has 1 aliphatic heterocycles. The molecule has 0 spiro atoms. The van der Waals surface area contributed by atoms with Crippen molar-refractivity contribution in [2.75, 3.05) is 19.7 Å². The summed E-state index contributed by atoms with van der Waals surface area (Å²) < 4.78 is 5.93. The number of rotatable bonds is 6. The minimum atomic E-state index is 0.221. The zero-order valence-corrected chi connectivity index (χ0v) is 14.2. The zero-order valence-electron chi connectivity index (χ0n) is 14.2. The summed E-state index contributed by atoms with van der Waals surface area (Å²) in [4.78, 5) is 11.9. The first-order valence-corrected chi connectivity index (χ1v) is 9.20. The number of hydrogen-bond acceptors (Lipinski definition) is 3. The van der Waals surface area contributed by atoms with Crippen LogP contribution in [0.25, 0.3) is 0 Å². The Morgan fingerprint density at radius 3 is 2.68 bits per heavy atom. The average Bonchev–Trinajstić information content (AvgIpc) is 2.99. The molecule has 2 aliphatic carbocycles. The van der Waals surface area contributed by atoms with Gasteiger partial charge in [0, 0.05) is 43.5 Å². The highest BCUT2D eigenvalue weighted by molar-refractivity contribution is 5.76. The maximum Gasteiger partial charge on any atom is 0.220 e. The van der Waals surface area contributed by atoms with Crippen LogP contribution in [0, 0.1) is 17.3 Å². The van der Waals surface area contributed by atoms with Gasteiger partial charge in [-0.2, -0.15) is 0 Å². The van der Waals surface area contributed by atoms with Gasteiger partial charge in [-0.15, -0.1) is 0 Å². The van der Waals surface area contributed by atoms with Crippen LogP contribution >= 0.6 is 0 Å². The van der Waals surface area contributed by atoms with Crippen molar-refractivity contribution in [3.63, 3.8) is 0 Å². The largest absolute Gasteiger partial charge is 0.377 e. The van der Waals surface area contributed by atoms with Crippen LogP contribution in [-0.4, -0.2) is 37.7 Å². The van der Waals surface area contributed by atoms with E-state index in [1.807, 2.05) is 0 Å². The van der Waals surface area contributed by atoms with E-state index in [9.17, 15) is 4.79 Å². The van der Waals surface area contributed by atoms with Gasteiger partial charge in [-0.3, -0.25) is 4.79 Å². The molecule has 22 heavy (non-hydrogen) atoms. The van der Waals surface area contributed by atoms with Gasteiger partial charge in [0.15, 0.2) is 0 Å². The molecule has 0 aromatic heterocycles. The maximum absolute atomic E-state index is 11.9. The normalized spacial score (nSPS) is 34.0. The van der Waals surface area contributed by atoms with Crippen LogP contribution in [0.2, 0.25) is 0 Å². The fourth-order valence-corrected chi connectivity index (χ4v) is 4.92. The van der Waals surface area contributed by atoms with Gasteiger partial charge in [0.25, 0.3) is 0 Å². The molecule has 1 saturated heterocycles. The quantitative estimate of drug-likeness (QED) is 0.741. The van der Waals surface area contributed by atoms with E-state index in [4.69, 9.17) is 4.74 Å². The van der Waals surface area contributed by atoms with E-state index in [-0.39, 0.29) is 11.3 Å². The molecule has 2 saturated carbocycles. The first-order valence-electron chi connectivity index (χ1n) is 9.20. The van der Waals surface area contributed by atoms with E-state index >= 15 is 0 Å². The summed E-state index contributed by atoms with van der Waals surface area (Å²) in [6, 6.07) is 0.532. The lowest BCUT2D eigenvalue weighted by Gasteiger charge is -2.60. The second kappa shape index (κ2) is 6.88. The first-order chi connectivity index (χ1) is 10.6. The summed E-state index contributed by atoms with van der Waals surface area (Å²) in [5, 5.41) is 6.74. The minimum absolute atomic E-state index is 0.221. The van der Waals surface area contributed by atoms with Crippen molar-refractivity contribution in [2.24, 2.45) is 17.3 Å². The summed E-state index contributed by atoms with van der Waals surface area (Å²) in [7, 11) is 0. The highest BCUT2D eigenvalue weighted by Crippen LogP contribution is 2.51. The van der Waals surface area contributed by atoms with Crippen LogP contribution in [0.5, 0.6) is 0 Å². The molecule has 0 aromatic carbocycles. The van der Waals surface area contributed by atoms with E-state index in [0.717, 1.165) is 26.1 Å². The van der Waals surface area contributed by atoms with Crippen molar-refractivity contribution in [1.82, 2.24) is 10.6 Å². The van der Waals surface area contributed by atoms with Crippen LogP contribution in [0.1, 0.15) is 58.8 Å². The van der Waals surface area contributed by atoms with Gasteiger partial charge in [-0.1, -0.05) is 26.7 Å². The summed E-state index contributed by atoms with van der Waals surface area (Å²) in [6.07, 6.45) is 8.72. The number of ether oxygens (including phenoxy) is 1. The maximum atomic E-state index is 11.9. The molecular weight excluding hydrogens is 276 g/mol. The monoisotopic (exact) mass is 308 g/mol. The van der Waals surface area contributed by atoms with Gasteiger partial charge in [0.05, 0.1) is 6.10 Å². The van der Waals surface area contributed by atoms with Crippen LogP contribution in [0.3, 0.4) is 0 Å². The molecule has 1 heterocycles. The minimum Gasteiger partial charge on any atom is -0.377 e. The van der Waals surface area contributed by atoms with E-state index in [1.54, 1.807) is 0 Å². The number of amides is 1. The van der Waals surface area contributed by atoms with Gasteiger partial charge in [-0.25, -0.2) is 0 Å². The summed E-state index contributed by atoms with van der Waals surface area (Å²) >= 11 is 0. The number of fused-ring (bicyclic) bond motifs is 1. The highest BCUT2D eigenvalue weighted by atomic mass is 16.5. The van der Waals surface area contributed by atoms with E-state index in [2.05, 4.69) is 24.5 Å². The number of carbonyl (C=O) groups is 1. The van der Waals surface area contributed by atoms with Gasteiger partial charge in [0.1, 0.15) is 0 Å². The van der Waals surface area contributed by atoms with Gasteiger partial charge in [-0.05, 0) is 31.6 Å². The Kier molecular flexibility index (Phi) is 5.08. The molecular formula is C18H32N2O2. The molecule has 2 N–H and O–H groups in total. The molecule has 1 amide bonds. The fourth-order valence-electron chi connectivity index (χ4n) is 4.92. The van der Waals surface area contributed by atoms with Crippen molar-refractivity contribution in [3.8, 4) is 0 Å². The Hall–Kier alpha value is -0.610. The second-order valence-electron chi connectivity index (χ2n) is 8.06. The molecule has 0 unspecified atom stereocenters.